The lowest BCUT2D eigenvalue weighted by molar-refractivity contribution is -0.152. The first-order valence-corrected chi connectivity index (χ1v) is 6.60. The van der Waals surface area contributed by atoms with Crippen LogP contribution in [0.2, 0.25) is 0 Å². The molecule has 0 aromatic heterocycles. The predicted octanol–water partition coefficient (Wildman–Crippen LogP) is 2.24. The van der Waals surface area contributed by atoms with Gasteiger partial charge in [-0.1, -0.05) is 13.3 Å². The van der Waals surface area contributed by atoms with Gasteiger partial charge in [0.15, 0.2) is 0 Å². The minimum atomic E-state index is -0.680. The van der Waals surface area contributed by atoms with Crippen LogP contribution < -0.4 is 5.73 Å². The smallest absolute Gasteiger partial charge is 0.326 e. The number of carbonyl (C=O) groups excluding carboxylic acids is 1. The zero-order valence-corrected chi connectivity index (χ0v) is 10.2. The number of hydrogen-bond acceptors (Lipinski definition) is 3. The lowest BCUT2D eigenvalue weighted by Crippen LogP contribution is -2.51. The summed E-state index contributed by atoms with van der Waals surface area (Å²) in [6, 6.07) is 0. The average molecular weight is 225 g/mol. The third kappa shape index (κ3) is 2.76. The Morgan fingerprint density at radius 1 is 1.25 bits per heavy atom. The van der Waals surface area contributed by atoms with E-state index in [1.54, 1.807) is 0 Å². The van der Waals surface area contributed by atoms with Crippen LogP contribution in [0.4, 0.5) is 0 Å². The van der Waals surface area contributed by atoms with Gasteiger partial charge in [-0.2, -0.15) is 0 Å². The summed E-state index contributed by atoms with van der Waals surface area (Å²) >= 11 is 0. The first-order chi connectivity index (χ1) is 7.64. The monoisotopic (exact) mass is 225 g/mol. The molecule has 92 valence electrons. The molecular formula is C13H23NO2. The quantitative estimate of drug-likeness (QED) is 0.746. The molecule has 0 aliphatic heterocycles. The molecule has 0 amide bonds. The molecule has 2 rings (SSSR count). The van der Waals surface area contributed by atoms with E-state index in [4.69, 9.17) is 10.5 Å². The SMILES string of the molecule is CCC1CCC(N)(C(=O)OCC2CC2)CC1. The van der Waals surface area contributed by atoms with E-state index in [0.29, 0.717) is 12.5 Å². The Kier molecular flexibility index (Phi) is 3.53. The molecule has 2 fully saturated rings. The van der Waals surface area contributed by atoms with Crippen LogP contribution in [-0.2, 0) is 9.53 Å². The van der Waals surface area contributed by atoms with Crippen LogP contribution in [0.3, 0.4) is 0 Å². The third-order valence-corrected chi connectivity index (χ3v) is 4.13. The van der Waals surface area contributed by atoms with Crippen molar-refractivity contribution in [2.45, 2.75) is 57.4 Å². The maximum absolute atomic E-state index is 11.9. The van der Waals surface area contributed by atoms with Crippen molar-refractivity contribution in [1.29, 1.82) is 0 Å². The van der Waals surface area contributed by atoms with Crippen LogP contribution in [-0.4, -0.2) is 18.1 Å². The molecule has 0 spiro atoms. The summed E-state index contributed by atoms with van der Waals surface area (Å²) in [4.78, 5) is 11.9. The van der Waals surface area contributed by atoms with Crippen molar-refractivity contribution in [3.05, 3.63) is 0 Å². The van der Waals surface area contributed by atoms with Crippen LogP contribution >= 0.6 is 0 Å². The van der Waals surface area contributed by atoms with E-state index in [2.05, 4.69) is 6.92 Å². The van der Waals surface area contributed by atoms with Gasteiger partial charge >= 0.3 is 5.97 Å². The summed E-state index contributed by atoms with van der Waals surface area (Å²) in [6.07, 6.45) is 7.37. The topological polar surface area (TPSA) is 52.3 Å². The van der Waals surface area contributed by atoms with Gasteiger partial charge in [-0.25, -0.2) is 0 Å². The van der Waals surface area contributed by atoms with Gasteiger partial charge in [0.2, 0.25) is 0 Å². The summed E-state index contributed by atoms with van der Waals surface area (Å²) in [6.45, 7) is 2.80. The van der Waals surface area contributed by atoms with E-state index < -0.39 is 5.54 Å². The van der Waals surface area contributed by atoms with Gasteiger partial charge in [0.1, 0.15) is 5.54 Å². The summed E-state index contributed by atoms with van der Waals surface area (Å²) in [7, 11) is 0. The zero-order valence-electron chi connectivity index (χ0n) is 10.2. The fraction of sp³-hybridized carbons (Fsp3) is 0.923. The highest BCUT2D eigenvalue weighted by Gasteiger charge is 2.39. The number of esters is 1. The van der Waals surface area contributed by atoms with Crippen LogP contribution in [0.25, 0.3) is 0 Å². The maximum atomic E-state index is 11.9. The second-order valence-electron chi connectivity index (χ2n) is 5.55. The van der Waals surface area contributed by atoms with Crippen molar-refractivity contribution >= 4 is 5.97 Å². The number of carbonyl (C=O) groups is 1. The Labute approximate surface area is 97.7 Å². The molecule has 3 nitrogen and oxygen atoms in total. The van der Waals surface area contributed by atoms with Crippen molar-refractivity contribution in [2.24, 2.45) is 17.6 Å². The molecule has 0 aromatic rings. The van der Waals surface area contributed by atoms with Gasteiger partial charge in [-0.15, -0.1) is 0 Å². The molecule has 0 saturated heterocycles. The Bertz CT molecular complexity index is 253. The van der Waals surface area contributed by atoms with Crippen molar-refractivity contribution < 1.29 is 9.53 Å². The molecule has 0 heterocycles. The van der Waals surface area contributed by atoms with Gasteiger partial charge in [0, 0.05) is 0 Å². The number of rotatable bonds is 4. The normalized spacial score (nSPS) is 34.8. The highest BCUT2D eigenvalue weighted by Crippen LogP contribution is 2.34. The van der Waals surface area contributed by atoms with E-state index in [9.17, 15) is 4.79 Å². The Hall–Kier alpha value is -0.570. The second-order valence-corrected chi connectivity index (χ2v) is 5.55. The number of ether oxygens (including phenoxy) is 1. The highest BCUT2D eigenvalue weighted by atomic mass is 16.5. The van der Waals surface area contributed by atoms with Crippen LogP contribution in [0, 0.1) is 11.8 Å². The Balaban J connectivity index is 1.79. The molecule has 0 bridgehead atoms. The van der Waals surface area contributed by atoms with Crippen LogP contribution in [0.1, 0.15) is 51.9 Å². The van der Waals surface area contributed by atoms with Crippen molar-refractivity contribution in [3.63, 3.8) is 0 Å². The van der Waals surface area contributed by atoms with E-state index in [1.807, 2.05) is 0 Å². The van der Waals surface area contributed by atoms with Gasteiger partial charge in [-0.3, -0.25) is 4.79 Å². The molecule has 0 atom stereocenters. The fourth-order valence-electron chi connectivity index (χ4n) is 2.43. The summed E-state index contributed by atoms with van der Waals surface area (Å²) in [5, 5.41) is 0. The molecular weight excluding hydrogens is 202 g/mol. The fourth-order valence-corrected chi connectivity index (χ4v) is 2.43. The van der Waals surface area contributed by atoms with Gasteiger partial charge in [-0.05, 0) is 50.4 Å². The van der Waals surface area contributed by atoms with Gasteiger partial charge < -0.3 is 10.5 Å². The molecule has 0 unspecified atom stereocenters. The van der Waals surface area contributed by atoms with E-state index in [0.717, 1.165) is 31.6 Å². The number of hydrogen-bond donors (Lipinski definition) is 1. The lowest BCUT2D eigenvalue weighted by Gasteiger charge is -2.34. The molecule has 0 radical (unpaired) electrons. The second kappa shape index (κ2) is 4.74. The predicted molar refractivity (Wildman–Crippen MR) is 62.9 cm³/mol. The average Bonchev–Trinajstić information content (AvgIpc) is 3.11. The van der Waals surface area contributed by atoms with Crippen molar-refractivity contribution in [2.75, 3.05) is 6.61 Å². The Morgan fingerprint density at radius 2 is 1.88 bits per heavy atom. The molecule has 2 aliphatic carbocycles. The zero-order chi connectivity index (χ0) is 11.6. The summed E-state index contributed by atoms with van der Waals surface area (Å²) < 4.78 is 5.31. The van der Waals surface area contributed by atoms with E-state index in [1.165, 1.54) is 19.3 Å². The van der Waals surface area contributed by atoms with E-state index >= 15 is 0 Å². The first kappa shape index (κ1) is 11.9. The minimum absolute atomic E-state index is 0.158. The largest absolute Gasteiger partial charge is 0.464 e. The molecule has 0 aromatic carbocycles. The highest BCUT2D eigenvalue weighted by molar-refractivity contribution is 5.80. The minimum Gasteiger partial charge on any atom is -0.464 e. The van der Waals surface area contributed by atoms with Gasteiger partial charge in [0.05, 0.1) is 6.61 Å². The first-order valence-electron chi connectivity index (χ1n) is 6.60. The number of nitrogens with two attached hydrogens (primary N) is 1. The Morgan fingerprint density at radius 3 is 2.38 bits per heavy atom. The summed E-state index contributed by atoms with van der Waals surface area (Å²) in [5.41, 5.74) is 5.47. The maximum Gasteiger partial charge on any atom is 0.326 e. The van der Waals surface area contributed by atoms with Gasteiger partial charge in [0.25, 0.3) is 0 Å². The molecule has 16 heavy (non-hydrogen) atoms. The van der Waals surface area contributed by atoms with Crippen molar-refractivity contribution in [3.8, 4) is 0 Å². The third-order valence-electron chi connectivity index (χ3n) is 4.13. The molecule has 2 aliphatic rings. The van der Waals surface area contributed by atoms with E-state index in [-0.39, 0.29) is 5.97 Å². The van der Waals surface area contributed by atoms with Crippen LogP contribution in [0.5, 0.6) is 0 Å². The standard InChI is InChI=1S/C13H23NO2/c1-2-10-5-7-13(14,8-6-10)12(15)16-9-11-3-4-11/h10-11H,2-9,14H2,1H3. The molecule has 2 N–H and O–H groups in total. The summed E-state index contributed by atoms with van der Waals surface area (Å²) in [5.74, 6) is 1.22. The van der Waals surface area contributed by atoms with Crippen LogP contribution in [0.15, 0.2) is 0 Å². The van der Waals surface area contributed by atoms with Crippen molar-refractivity contribution in [1.82, 2.24) is 0 Å². The molecule has 3 heteroatoms. The lowest BCUT2D eigenvalue weighted by atomic mass is 9.76. The molecule has 2 saturated carbocycles.